The van der Waals surface area contributed by atoms with Gasteiger partial charge in [0, 0.05) is 26.1 Å². The van der Waals surface area contributed by atoms with Gasteiger partial charge in [0.25, 0.3) is 10.0 Å². The number of hydrogen-bond donors (Lipinski definition) is 0. The number of furan rings is 1. The molecule has 1 amide bonds. The fraction of sp³-hybridized carbons (Fsp3) is 0.471. The highest BCUT2D eigenvalue weighted by Gasteiger charge is 2.34. The van der Waals surface area contributed by atoms with E-state index in [0.717, 1.165) is 5.76 Å². The SMILES string of the molecule is CC(c1ccco1)N(C)C(=O)C1CCN(S(=O)(=O)c2cccs2)CC1. The number of carbonyl (C=O) groups excluding carboxylic acids is 1. The van der Waals surface area contributed by atoms with E-state index in [0.29, 0.717) is 30.1 Å². The molecule has 2 aromatic rings. The molecule has 1 atom stereocenters. The average molecular weight is 383 g/mol. The number of hydrogen-bond acceptors (Lipinski definition) is 5. The van der Waals surface area contributed by atoms with Gasteiger partial charge in [-0.2, -0.15) is 4.31 Å². The summed E-state index contributed by atoms with van der Waals surface area (Å²) in [6.45, 7) is 2.67. The van der Waals surface area contributed by atoms with Crippen LogP contribution >= 0.6 is 11.3 Å². The van der Waals surface area contributed by atoms with Gasteiger partial charge in [-0.15, -0.1) is 11.3 Å². The summed E-state index contributed by atoms with van der Waals surface area (Å²) >= 11 is 1.22. The van der Waals surface area contributed by atoms with Crippen molar-refractivity contribution in [2.24, 2.45) is 5.92 Å². The van der Waals surface area contributed by atoms with Crippen molar-refractivity contribution in [3.8, 4) is 0 Å². The summed E-state index contributed by atoms with van der Waals surface area (Å²) in [4.78, 5) is 14.4. The van der Waals surface area contributed by atoms with E-state index in [1.165, 1.54) is 15.6 Å². The van der Waals surface area contributed by atoms with Crippen LogP contribution in [0.3, 0.4) is 0 Å². The van der Waals surface area contributed by atoms with Crippen LogP contribution < -0.4 is 0 Å². The second-order valence-electron chi connectivity index (χ2n) is 6.25. The van der Waals surface area contributed by atoms with Gasteiger partial charge in [0.1, 0.15) is 9.97 Å². The van der Waals surface area contributed by atoms with Crippen molar-refractivity contribution in [3.05, 3.63) is 41.7 Å². The number of nitrogens with zero attached hydrogens (tertiary/aromatic N) is 2. The Morgan fingerprint density at radius 2 is 2.04 bits per heavy atom. The molecule has 0 bridgehead atoms. The molecule has 0 aromatic carbocycles. The van der Waals surface area contributed by atoms with Crippen LogP contribution in [-0.2, 0) is 14.8 Å². The third kappa shape index (κ3) is 3.65. The molecule has 0 N–H and O–H groups in total. The maximum absolute atomic E-state index is 12.7. The molecule has 1 aliphatic heterocycles. The lowest BCUT2D eigenvalue weighted by atomic mass is 9.96. The van der Waals surface area contributed by atoms with Gasteiger partial charge in [0.15, 0.2) is 0 Å². The van der Waals surface area contributed by atoms with E-state index in [1.807, 2.05) is 13.0 Å². The van der Waals surface area contributed by atoms with Crippen molar-refractivity contribution < 1.29 is 17.6 Å². The van der Waals surface area contributed by atoms with Crippen molar-refractivity contribution in [2.75, 3.05) is 20.1 Å². The van der Waals surface area contributed by atoms with Crippen LogP contribution in [0.1, 0.15) is 31.6 Å². The molecule has 136 valence electrons. The van der Waals surface area contributed by atoms with Gasteiger partial charge in [0.05, 0.1) is 12.3 Å². The van der Waals surface area contributed by atoms with Crippen molar-refractivity contribution >= 4 is 27.3 Å². The number of amides is 1. The Hall–Kier alpha value is -1.64. The Bertz CT molecular complexity index is 792. The quantitative estimate of drug-likeness (QED) is 0.797. The summed E-state index contributed by atoms with van der Waals surface area (Å²) in [5.74, 6) is 0.628. The van der Waals surface area contributed by atoms with Crippen LogP contribution in [0.5, 0.6) is 0 Å². The minimum Gasteiger partial charge on any atom is -0.467 e. The van der Waals surface area contributed by atoms with Crippen molar-refractivity contribution in [2.45, 2.75) is 30.0 Å². The lowest BCUT2D eigenvalue weighted by molar-refractivity contribution is -0.137. The van der Waals surface area contributed by atoms with E-state index < -0.39 is 10.0 Å². The minimum atomic E-state index is -3.43. The highest BCUT2D eigenvalue weighted by atomic mass is 32.2. The Balaban J connectivity index is 1.61. The van der Waals surface area contributed by atoms with Crippen LogP contribution in [0.4, 0.5) is 0 Å². The molecule has 0 saturated carbocycles. The number of thiophene rings is 1. The van der Waals surface area contributed by atoms with Gasteiger partial charge in [-0.05, 0) is 43.3 Å². The zero-order valence-electron chi connectivity index (χ0n) is 14.3. The second kappa shape index (κ2) is 7.31. The fourth-order valence-electron chi connectivity index (χ4n) is 3.08. The molecule has 1 aliphatic rings. The summed E-state index contributed by atoms with van der Waals surface area (Å²) in [7, 11) is -1.66. The normalized spacial score (nSPS) is 18.2. The summed E-state index contributed by atoms with van der Waals surface area (Å²) in [5, 5.41) is 1.76. The first-order valence-corrected chi connectivity index (χ1v) is 10.6. The molecule has 0 spiro atoms. The topological polar surface area (TPSA) is 70.8 Å². The van der Waals surface area contributed by atoms with E-state index in [4.69, 9.17) is 4.42 Å². The largest absolute Gasteiger partial charge is 0.467 e. The number of carbonyl (C=O) groups is 1. The monoisotopic (exact) mass is 382 g/mol. The van der Waals surface area contributed by atoms with Crippen molar-refractivity contribution in [1.82, 2.24) is 9.21 Å². The molecule has 1 saturated heterocycles. The number of sulfonamides is 1. The third-order valence-corrected chi connectivity index (χ3v) is 8.05. The summed E-state index contributed by atoms with van der Waals surface area (Å²) in [5.41, 5.74) is 0. The van der Waals surface area contributed by atoms with Gasteiger partial charge < -0.3 is 9.32 Å². The lowest BCUT2D eigenvalue weighted by Gasteiger charge is -2.33. The summed E-state index contributed by atoms with van der Waals surface area (Å²) in [6, 6.07) is 6.87. The highest BCUT2D eigenvalue weighted by molar-refractivity contribution is 7.91. The minimum absolute atomic E-state index is 0.0390. The number of rotatable bonds is 5. The zero-order valence-corrected chi connectivity index (χ0v) is 15.9. The molecule has 6 nitrogen and oxygen atoms in total. The first kappa shape index (κ1) is 18.2. The molecule has 3 rings (SSSR count). The highest BCUT2D eigenvalue weighted by Crippen LogP contribution is 2.29. The van der Waals surface area contributed by atoms with Crippen LogP contribution in [0.2, 0.25) is 0 Å². The molecule has 3 heterocycles. The van der Waals surface area contributed by atoms with E-state index in [2.05, 4.69) is 0 Å². The maximum atomic E-state index is 12.7. The maximum Gasteiger partial charge on any atom is 0.252 e. The predicted octanol–water partition coefficient (Wildman–Crippen LogP) is 2.96. The average Bonchev–Trinajstić information content (AvgIpc) is 3.33. The standard InChI is InChI=1S/C17H22N2O4S2/c1-13(15-5-3-11-23-15)18(2)17(20)14-7-9-19(10-8-14)25(21,22)16-6-4-12-24-16/h3-6,11-14H,7-10H2,1-2H3. The summed E-state index contributed by atoms with van der Waals surface area (Å²) < 4.78 is 32.3. The third-order valence-electron chi connectivity index (χ3n) is 4.78. The molecule has 2 aromatic heterocycles. The molecule has 0 radical (unpaired) electrons. The molecule has 1 fully saturated rings. The Morgan fingerprint density at radius 3 is 2.60 bits per heavy atom. The van der Waals surface area contributed by atoms with Crippen molar-refractivity contribution in [1.29, 1.82) is 0 Å². The van der Waals surface area contributed by atoms with Gasteiger partial charge >= 0.3 is 0 Å². The van der Waals surface area contributed by atoms with Gasteiger partial charge in [-0.3, -0.25) is 4.79 Å². The molecule has 25 heavy (non-hydrogen) atoms. The number of piperidine rings is 1. The first-order chi connectivity index (χ1) is 11.9. The molecule has 8 heteroatoms. The van der Waals surface area contributed by atoms with Gasteiger partial charge in [-0.25, -0.2) is 8.42 Å². The first-order valence-electron chi connectivity index (χ1n) is 8.25. The summed E-state index contributed by atoms with van der Waals surface area (Å²) in [6.07, 6.45) is 2.68. The lowest BCUT2D eigenvalue weighted by Crippen LogP contribution is -2.43. The predicted molar refractivity (Wildman–Crippen MR) is 95.7 cm³/mol. The van der Waals surface area contributed by atoms with E-state index >= 15 is 0 Å². The van der Waals surface area contributed by atoms with Crippen LogP contribution in [0.15, 0.2) is 44.5 Å². The van der Waals surface area contributed by atoms with E-state index in [1.54, 1.807) is 41.8 Å². The van der Waals surface area contributed by atoms with Gasteiger partial charge in [-0.1, -0.05) is 6.07 Å². The molecule has 1 unspecified atom stereocenters. The smallest absolute Gasteiger partial charge is 0.252 e. The molecule has 0 aliphatic carbocycles. The van der Waals surface area contributed by atoms with Crippen LogP contribution in [0, 0.1) is 5.92 Å². The molecular weight excluding hydrogens is 360 g/mol. The van der Waals surface area contributed by atoms with E-state index in [-0.39, 0.29) is 17.9 Å². The Kier molecular flexibility index (Phi) is 5.31. The van der Waals surface area contributed by atoms with Gasteiger partial charge in [0.2, 0.25) is 5.91 Å². The Morgan fingerprint density at radius 1 is 1.32 bits per heavy atom. The van der Waals surface area contributed by atoms with E-state index in [9.17, 15) is 13.2 Å². The fourth-order valence-corrected chi connectivity index (χ4v) is 5.69. The molecular formula is C17H22N2O4S2. The van der Waals surface area contributed by atoms with Crippen molar-refractivity contribution in [3.63, 3.8) is 0 Å². The van der Waals surface area contributed by atoms with Crippen LogP contribution in [-0.4, -0.2) is 43.7 Å². The Labute approximate surface area is 152 Å². The zero-order chi connectivity index (χ0) is 18.0. The van der Waals surface area contributed by atoms with Crippen LogP contribution in [0.25, 0.3) is 0 Å². The second-order valence-corrected chi connectivity index (χ2v) is 9.36.